The molecule has 2 aliphatic carbocycles. The van der Waals surface area contributed by atoms with E-state index in [1.807, 2.05) is 0 Å². The summed E-state index contributed by atoms with van der Waals surface area (Å²) in [5, 5.41) is 3.77. The van der Waals surface area contributed by atoms with Gasteiger partial charge in [-0.05, 0) is 63.3 Å². The minimum Gasteiger partial charge on any atom is -0.378 e. The summed E-state index contributed by atoms with van der Waals surface area (Å²) in [6.45, 7) is 5.34. The number of nitrogens with one attached hydrogen (secondary N) is 1. The minimum absolute atomic E-state index is 0.00218. The number of nitrogens with zero attached hydrogens (tertiary/aromatic N) is 1. The highest BCUT2D eigenvalue weighted by atomic mass is 19.1. The fourth-order valence-corrected chi connectivity index (χ4v) is 6.93. The molecule has 4 unspecified atom stereocenters. The van der Waals surface area contributed by atoms with Gasteiger partial charge in [-0.25, -0.2) is 8.78 Å². The monoisotopic (exact) mass is 428 g/mol. The summed E-state index contributed by atoms with van der Waals surface area (Å²) >= 11 is 0. The predicted octanol–water partition coefficient (Wildman–Crippen LogP) is 2.87. The third-order valence-electron chi connectivity index (χ3n) is 8.52. The van der Waals surface area contributed by atoms with Gasteiger partial charge in [0.25, 0.3) is 0 Å². The van der Waals surface area contributed by atoms with Crippen molar-refractivity contribution < 1.29 is 23.0 Å². The lowest BCUT2D eigenvalue weighted by molar-refractivity contribution is -0.106. The van der Waals surface area contributed by atoms with Gasteiger partial charge < -0.3 is 19.5 Å². The molecule has 4 heterocycles. The Hall–Kier alpha value is -0.340. The van der Waals surface area contributed by atoms with Gasteiger partial charge >= 0.3 is 0 Å². The summed E-state index contributed by atoms with van der Waals surface area (Å²) in [6.07, 6.45) is 4.23. The summed E-state index contributed by atoms with van der Waals surface area (Å²) in [5.74, 6) is 0.358. The zero-order chi connectivity index (χ0) is 20.6. The van der Waals surface area contributed by atoms with Crippen molar-refractivity contribution in [2.24, 2.45) is 11.8 Å². The summed E-state index contributed by atoms with van der Waals surface area (Å²) < 4.78 is 47.7. The van der Waals surface area contributed by atoms with Crippen LogP contribution in [0.5, 0.6) is 0 Å². The number of hydrogen-bond acceptors (Lipinski definition) is 5. The van der Waals surface area contributed by atoms with Crippen LogP contribution in [0.1, 0.15) is 51.4 Å². The highest BCUT2D eigenvalue weighted by molar-refractivity contribution is 5.05. The van der Waals surface area contributed by atoms with Gasteiger partial charge in [0, 0.05) is 19.5 Å². The molecule has 0 aromatic carbocycles. The van der Waals surface area contributed by atoms with Gasteiger partial charge in [0.2, 0.25) is 0 Å². The van der Waals surface area contributed by atoms with E-state index in [-0.39, 0.29) is 30.0 Å². The van der Waals surface area contributed by atoms with E-state index in [9.17, 15) is 8.78 Å². The Balaban J connectivity index is 1.36. The average molecular weight is 429 g/mol. The van der Waals surface area contributed by atoms with Crippen LogP contribution in [0.4, 0.5) is 8.78 Å². The van der Waals surface area contributed by atoms with Crippen molar-refractivity contribution in [3.05, 3.63) is 0 Å². The number of piperidine rings is 1. The number of hydrogen-bond donors (Lipinski definition) is 1. The Bertz CT molecular complexity index is 563. The van der Waals surface area contributed by atoms with Gasteiger partial charge in [-0.1, -0.05) is 0 Å². The lowest BCUT2D eigenvalue weighted by atomic mass is 9.70. The second-order valence-electron chi connectivity index (χ2n) is 10.2. The maximum absolute atomic E-state index is 14.9. The molecule has 172 valence electrons. The van der Waals surface area contributed by atoms with Crippen LogP contribution >= 0.6 is 0 Å². The fraction of sp³-hybridized carbons (Fsp3) is 1.00. The zero-order valence-corrected chi connectivity index (χ0v) is 18.1. The van der Waals surface area contributed by atoms with E-state index in [1.54, 1.807) is 0 Å². The third kappa shape index (κ3) is 4.29. The van der Waals surface area contributed by atoms with Crippen molar-refractivity contribution >= 4 is 0 Å². The fourth-order valence-electron chi connectivity index (χ4n) is 6.93. The van der Waals surface area contributed by atoms with Crippen LogP contribution in [0.3, 0.4) is 0 Å². The smallest absolute Gasteiger partial charge is 0.129 e. The maximum Gasteiger partial charge on any atom is 0.129 e. The molecular weight excluding hydrogens is 390 g/mol. The Labute approximate surface area is 179 Å². The number of alkyl halides is 2. The Morgan fingerprint density at radius 2 is 1.83 bits per heavy atom. The molecule has 2 saturated carbocycles. The average Bonchev–Trinajstić information content (AvgIpc) is 2.77. The lowest BCUT2D eigenvalue weighted by Gasteiger charge is -2.52. The first-order chi connectivity index (χ1) is 14.6. The molecule has 2 bridgehead atoms. The zero-order valence-electron chi connectivity index (χ0n) is 18.1. The number of morpholine rings is 1. The summed E-state index contributed by atoms with van der Waals surface area (Å²) in [4.78, 5) is 2.47. The largest absolute Gasteiger partial charge is 0.378 e. The van der Waals surface area contributed by atoms with E-state index in [1.165, 1.54) is 0 Å². The van der Waals surface area contributed by atoms with Crippen molar-refractivity contribution in [3.8, 4) is 0 Å². The number of ether oxygens (including phenoxy) is 3. The van der Waals surface area contributed by atoms with Gasteiger partial charge in [0.05, 0.1) is 50.2 Å². The highest BCUT2D eigenvalue weighted by Gasteiger charge is 2.48. The molecule has 6 rings (SSSR count). The van der Waals surface area contributed by atoms with Crippen LogP contribution in [0, 0.1) is 11.8 Å². The van der Waals surface area contributed by atoms with Gasteiger partial charge in [-0.3, -0.25) is 4.90 Å². The van der Waals surface area contributed by atoms with Crippen molar-refractivity contribution in [1.82, 2.24) is 10.2 Å². The molecule has 0 radical (unpaired) electrons. The normalized spacial score (nSPS) is 48.8. The Kier molecular flexibility index (Phi) is 6.64. The molecule has 5 nitrogen and oxygen atoms in total. The molecule has 4 aliphatic heterocycles. The quantitative estimate of drug-likeness (QED) is 0.643. The third-order valence-corrected chi connectivity index (χ3v) is 8.52. The van der Waals surface area contributed by atoms with E-state index in [0.717, 1.165) is 71.4 Å². The molecule has 0 amide bonds. The van der Waals surface area contributed by atoms with Gasteiger partial charge in [0.15, 0.2) is 0 Å². The minimum atomic E-state index is -1.19. The van der Waals surface area contributed by atoms with Crippen LogP contribution in [0.15, 0.2) is 0 Å². The van der Waals surface area contributed by atoms with Crippen molar-refractivity contribution in [2.75, 3.05) is 46.1 Å². The second kappa shape index (κ2) is 9.26. The number of rotatable bonds is 0. The summed E-state index contributed by atoms with van der Waals surface area (Å²) in [5.41, 5.74) is -0.0642. The molecule has 6 aliphatic rings. The molecular formula is C23H38F2N2O3. The molecule has 6 atom stereocenters. The first kappa shape index (κ1) is 21.5. The first-order valence-corrected chi connectivity index (χ1v) is 12.2. The molecule has 4 saturated heterocycles. The van der Waals surface area contributed by atoms with Crippen molar-refractivity contribution in [1.29, 1.82) is 0 Å². The van der Waals surface area contributed by atoms with Crippen LogP contribution in [-0.2, 0) is 14.2 Å². The van der Waals surface area contributed by atoms with Crippen LogP contribution in [0.2, 0.25) is 0 Å². The first-order valence-electron chi connectivity index (χ1n) is 12.2. The van der Waals surface area contributed by atoms with E-state index >= 15 is 0 Å². The molecule has 6 fully saturated rings. The predicted molar refractivity (Wildman–Crippen MR) is 110 cm³/mol. The SMILES string of the molecule is FC1CC(F)C2OCCN3CCC[C@@]4(COCCN4)[C@@H]3COC3CCC(CC3)C2C1. The number of halogens is 2. The summed E-state index contributed by atoms with van der Waals surface area (Å²) in [7, 11) is 0. The van der Waals surface area contributed by atoms with Crippen LogP contribution in [-0.4, -0.2) is 87.1 Å². The van der Waals surface area contributed by atoms with Crippen molar-refractivity contribution in [3.63, 3.8) is 0 Å². The van der Waals surface area contributed by atoms with Crippen LogP contribution in [0.25, 0.3) is 0 Å². The number of fused-ring (bicyclic) bond motifs is 5. The Morgan fingerprint density at radius 1 is 0.967 bits per heavy atom. The maximum atomic E-state index is 14.9. The van der Waals surface area contributed by atoms with Crippen LogP contribution < -0.4 is 5.32 Å². The van der Waals surface area contributed by atoms with Crippen molar-refractivity contribution in [2.45, 2.75) is 87.5 Å². The molecule has 30 heavy (non-hydrogen) atoms. The topological polar surface area (TPSA) is 43.0 Å². The lowest BCUT2D eigenvalue weighted by Crippen LogP contribution is -2.70. The molecule has 0 aromatic rings. The van der Waals surface area contributed by atoms with E-state index in [2.05, 4.69) is 10.2 Å². The molecule has 7 heteroatoms. The van der Waals surface area contributed by atoms with E-state index in [0.29, 0.717) is 25.6 Å². The van der Waals surface area contributed by atoms with Gasteiger partial charge in [-0.15, -0.1) is 0 Å². The molecule has 0 aromatic heterocycles. The van der Waals surface area contributed by atoms with E-state index < -0.39 is 18.4 Å². The standard InChI is InChI=1S/C23H38F2N2O3/c24-17-12-19-16-2-4-18(5-3-16)30-14-21-23(15-28-10-7-26-23)6-1-8-27(21)9-11-29-22(19)20(25)13-17/h16-22,26H,1-15H2/t16?,17?,18?,19?,20?,21-,22?,23+/m0/s1. The highest BCUT2D eigenvalue weighted by Crippen LogP contribution is 2.42. The second-order valence-corrected chi connectivity index (χ2v) is 10.2. The van der Waals surface area contributed by atoms with Gasteiger partial charge in [0.1, 0.15) is 12.3 Å². The molecule has 1 N–H and O–H groups in total. The van der Waals surface area contributed by atoms with Gasteiger partial charge in [-0.2, -0.15) is 0 Å². The van der Waals surface area contributed by atoms with E-state index in [4.69, 9.17) is 14.2 Å². The molecule has 1 spiro atoms. The summed E-state index contributed by atoms with van der Waals surface area (Å²) in [6, 6.07) is 0.243. The Morgan fingerprint density at radius 3 is 2.63 bits per heavy atom.